The molecule has 0 aromatic heterocycles. The Labute approximate surface area is 102 Å². The highest BCUT2D eigenvalue weighted by Crippen LogP contribution is 2.22. The normalized spacial score (nSPS) is 11.6. The maximum atomic E-state index is 12.2. The van der Waals surface area contributed by atoms with Crippen LogP contribution < -0.4 is 5.73 Å². The molecule has 0 radical (unpaired) electrons. The number of benzene rings is 1. The Morgan fingerprint density at radius 2 is 1.94 bits per heavy atom. The minimum Gasteiger partial charge on any atom is -0.319 e. The van der Waals surface area contributed by atoms with Gasteiger partial charge >= 0.3 is 0 Å². The average molecular weight is 240 g/mol. The molecule has 2 nitrogen and oxygen atoms in total. The summed E-state index contributed by atoms with van der Waals surface area (Å²) in [5, 5.41) is 0.611. The van der Waals surface area contributed by atoms with Crippen molar-refractivity contribution in [1.29, 1.82) is 0 Å². The highest BCUT2D eigenvalue weighted by atomic mass is 35.5. The lowest BCUT2D eigenvalue weighted by Crippen LogP contribution is -2.46. The zero-order valence-corrected chi connectivity index (χ0v) is 10.8. The molecule has 1 rings (SSSR count). The highest BCUT2D eigenvalue weighted by molar-refractivity contribution is 6.31. The fourth-order valence-electron chi connectivity index (χ4n) is 1.59. The molecule has 2 N–H and O–H groups in total. The van der Waals surface area contributed by atoms with Crippen LogP contribution in [0.5, 0.6) is 0 Å². The van der Waals surface area contributed by atoms with E-state index in [1.54, 1.807) is 12.1 Å². The molecule has 0 fully saturated rings. The molecular weight excluding hydrogens is 222 g/mol. The van der Waals surface area contributed by atoms with Crippen LogP contribution in [0.1, 0.15) is 42.6 Å². The summed E-state index contributed by atoms with van der Waals surface area (Å²) in [6, 6.07) is 5.34. The van der Waals surface area contributed by atoms with Gasteiger partial charge in [0.1, 0.15) is 0 Å². The van der Waals surface area contributed by atoms with Crippen LogP contribution in [0.15, 0.2) is 18.2 Å². The molecule has 0 saturated heterocycles. The third-order valence-electron chi connectivity index (χ3n) is 3.15. The standard InChI is InChI=1S/C13H18ClNO/c1-4-13(15,5-2)12(16)10-7-6-9(3)11(14)8-10/h6-8H,4-5,15H2,1-3H3. The van der Waals surface area contributed by atoms with E-state index in [1.165, 1.54) is 0 Å². The van der Waals surface area contributed by atoms with E-state index < -0.39 is 5.54 Å². The van der Waals surface area contributed by atoms with E-state index in [1.807, 2.05) is 26.8 Å². The van der Waals surface area contributed by atoms with Crippen LogP contribution in [0.3, 0.4) is 0 Å². The lowest BCUT2D eigenvalue weighted by Gasteiger charge is -2.25. The van der Waals surface area contributed by atoms with Crippen molar-refractivity contribution in [1.82, 2.24) is 0 Å². The molecule has 1 aromatic rings. The molecule has 16 heavy (non-hydrogen) atoms. The van der Waals surface area contributed by atoms with Gasteiger partial charge in [-0.15, -0.1) is 0 Å². The largest absolute Gasteiger partial charge is 0.319 e. The maximum Gasteiger partial charge on any atom is 0.182 e. The summed E-state index contributed by atoms with van der Waals surface area (Å²) in [6.07, 6.45) is 1.27. The summed E-state index contributed by atoms with van der Waals surface area (Å²) >= 11 is 6.00. The first kappa shape index (κ1) is 13.2. The van der Waals surface area contributed by atoms with Gasteiger partial charge in [-0.2, -0.15) is 0 Å². The van der Waals surface area contributed by atoms with Crippen molar-refractivity contribution in [2.24, 2.45) is 5.73 Å². The van der Waals surface area contributed by atoms with E-state index in [9.17, 15) is 4.79 Å². The molecule has 88 valence electrons. The number of hydrogen-bond acceptors (Lipinski definition) is 2. The van der Waals surface area contributed by atoms with Crippen LogP contribution in [-0.2, 0) is 0 Å². The number of nitrogens with two attached hydrogens (primary N) is 1. The van der Waals surface area contributed by atoms with Crippen LogP contribution in [0.4, 0.5) is 0 Å². The summed E-state index contributed by atoms with van der Waals surface area (Å²) in [5.41, 5.74) is 6.87. The number of ketones is 1. The molecule has 0 amide bonds. The SMILES string of the molecule is CCC(N)(CC)C(=O)c1ccc(C)c(Cl)c1. The van der Waals surface area contributed by atoms with E-state index in [2.05, 4.69) is 0 Å². The zero-order valence-electron chi connectivity index (χ0n) is 10.0. The second kappa shape index (κ2) is 4.98. The first-order valence-electron chi connectivity index (χ1n) is 5.54. The minimum absolute atomic E-state index is 0.0283. The van der Waals surface area contributed by atoms with Crippen LogP contribution in [-0.4, -0.2) is 11.3 Å². The van der Waals surface area contributed by atoms with Crippen molar-refractivity contribution in [3.8, 4) is 0 Å². The molecule has 0 unspecified atom stereocenters. The van der Waals surface area contributed by atoms with E-state index in [0.717, 1.165) is 5.56 Å². The Morgan fingerprint density at radius 3 is 2.38 bits per heavy atom. The third-order valence-corrected chi connectivity index (χ3v) is 3.56. The lowest BCUT2D eigenvalue weighted by molar-refractivity contribution is 0.0879. The molecule has 0 atom stereocenters. The summed E-state index contributed by atoms with van der Waals surface area (Å²) in [7, 11) is 0. The van der Waals surface area contributed by atoms with Gasteiger partial charge in [0.25, 0.3) is 0 Å². The van der Waals surface area contributed by atoms with Crippen LogP contribution in [0.2, 0.25) is 5.02 Å². The Kier molecular flexibility index (Phi) is 4.11. The minimum atomic E-state index is -0.765. The molecule has 0 spiro atoms. The van der Waals surface area contributed by atoms with Gasteiger partial charge in [0.15, 0.2) is 5.78 Å². The van der Waals surface area contributed by atoms with Crippen molar-refractivity contribution in [3.63, 3.8) is 0 Å². The molecule has 0 heterocycles. The van der Waals surface area contributed by atoms with E-state index in [0.29, 0.717) is 23.4 Å². The number of halogens is 1. The number of rotatable bonds is 4. The predicted molar refractivity (Wildman–Crippen MR) is 68.0 cm³/mol. The smallest absolute Gasteiger partial charge is 0.182 e. The van der Waals surface area contributed by atoms with Crippen LogP contribution in [0, 0.1) is 6.92 Å². The summed E-state index contributed by atoms with van der Waals surface area (Å²) in [6.45, 7) is 5.76. The molecule has 0 saturated carbocycles. The van der Waals surface area contributed by atoms with Crippen molar-refractivity contribution in [2.75, 3.05) is 0 Å². The van der Waals surface area contributed by atoms with Gasteiger partial charge in [-0.1, -0.05) is 37.6 Å². The first-order chi connectivity index (χ1) is 7.44. The second-order valence-electron chi connectivity index (χ2n) is 4.16. The van der Waals surface area contributed by atoms with Gasteiger partial charge in [-0.25, -0.2) is 0 Å². The quantitative estimate of drug-likeness (QED) is 0.819. The van der Waals surface area contributed by atoms with E-state index in [4.69, 9.17) is 17.3 Å². The fourth-order valence-corrected chi connectivity index (χ4v) is 1.77. The third kappa shape index (κ3) is 2.45. The van der Waals surface area contributed by atoms with E-state index in [-0.39, 0.29) is 5.78 Å². The van der Waals surface area contributed by atoms with Gasteiger partial charge in [-0.05, 0) is 31.4 Å². The van der Waals surface area contributed by atoms with Gasteiger partial charge in [0.2, 0.25) is 0 Å². The van der Waals surface area contributed by atoms with Gasteiger partial charge in [0, 0.05) is 10.6 Å². The maximum absolute atomic E-state index is 12.2. The first-order valence-corrected chi connectivity index (χ1v) is 5.92. The fraction of sp³-hybridized carbons (Fsp3) is 0.462. The summed E-state index contributed by atoms with van der Waals surface area (Å²) < 4.78 is 0. The highest BCUT2D eigenvalue weighted by Gasteiger charge is 2.30. The molecular formula is C13H18ClNO. The van der Waals surface area contributed by atoms with Crippen molar-refractivity contribution >= 4 is 17.4 Å². The Balaban J connectivity index is 3.09. The van der Waals surface area contributed by atoms with Crippen molar-refractivity contribution in [2.45, 2.75) is 39.2 Å². The van der Waals surface area contributed by atoms with E-state index >= 15 is 0 Å². The molecule has 0 aliphatic heterocycles. The van der Waals surface area contributed by atoms with Crippen LogP contribution in [0.25, 0.3) is 0 Å². The molecule has 0 bridgehead atoms. The van der Waals surface area contributed by atoms with Gasteiger partial charge in [-0.3, -0.25) is 4.79 Å². The topological polar surface area (TPSA) is 43.1 Å². The number of carbonyl (C=O) groups is 1. The number of Topliss-reactive ketones (excluding diaryl/α,β-unsaturated/α-hetero) is 1. The second-order valence-corrected chi connectivity index (χ2v) is 4.56. The van der Waals surface area contributed by atoms with Crippen molar-refractivity contribution in [3.05, 3.63) is 34.3 Å². The van der Waals surface area contributed by atoms with Crippen LogP contribution >= 0.6 is 11.6 Å². The monoisotopic (exact) mass is 239 g/mol. The molecule has 0 aliphatic rings. The Bertz CT molecular complexity index is 397. The Hall–Kier alpha value is -0.860. The summed E-state index contributed by atoms with van der Waals surface area (Å²) in [5.74, 6) is -0.0283. The molecule has 3 heteroatoms. The summed E-state index contributed by atoms with van der Waals surface area (Å²) in [4.78, 5) is 12.2. The Morgan fingerprint density at radius 1 is 1.38 bits per heavy atom. The average Bonchev–Trinajstić information content (AvgIpc) is 2.30. The number of aryl methyl sites for hydroxylation is 1. The number of carbonyl (C=O) groups excluding carboxylic acids is 1. The van der Waals surface area contributed by atoms with Crippen molar-refractivity contribution < 1.29 is 4.79 Å². The lowest BCUT2D eigenvalue weighted by atomic mass is 9.85. The predicted octanol–water partition coefficient (Wildman–Crippen LogP) is 3.35. The van der Waals surface area contributed by atoms with Gasteiger partial charge < -0.3 is 5.73 Å². The molecule has 1 aromatic carbocycles. The number of hydrogen-bond donors (Lipinski definition) is 1. The molecule has 0 aliphatic carbocycles. The van der Waals surface area contributed by atoms with Gasteiger partial charge in [0.05, 0.1) is 5.54 Å². The zero-order chi connectivity index (χ0) is 12.3.